The molecule has 4 heteroatoms. The molecule has 1 fully saturated rings. The monoisotopic (exact) mass is 200 g/mol. The molecule has 0 amide bonds. The zero-order valence-electron chi connectivity index (χ0n) is 9.01. The summed E-state index contributed by atoms with van der Waals surface area (Å²) in [7, 11) is 1.43. The van der Waals surface area contributed by atoms with Crippen molar-refractivity contribution in [3.05, 3.63) is 0 Å². The van der Waals surface area contributed by atoms with Crippen molar-refractivity contribution in [2.24, 2.45) is 0 Å². The van der Waals surface area contributed by atoms with E-state index in [1.54, 1.807) is 0 Å². The van der Waals surface area contributed by atoms with Gasteiger partial charge in [0.2, 0.25) is 0 Å². The van der Waals surface area contributed by atoms with Crippen molar-refractivity contribution < 1.29 is 9.53 Å². The van der Waals surface area contributed by atoms with Crippen LogP contribution in [0.15, 0.2) is 0 Å². The lowest BCUT2D eigenvalue weighted by molar-refractivity contribution is -0.142. The van der Waals surface area contributed by atoms with Gasteiger partial charge >= 0.3 is 5.97 Å². The molecule has 14 heavy (non-hydrogen) atoms. The van der Waals surface area contributed by atoms with Crippen LogP contribution in [0.3, 0.4) is 0 Å². The Balaban J connectivity index is 2.30. The molecule has 1 saturated heterocycles. The highest BCUT2D eigenvalue weighted by Crippen LogP contribution is 2.06. The van der Waals surface area contributed by atoms with Crippen LogP contribution < -0.4 is 10.6 Å². The number of hydrogen-bond acceptors (Lipinski definition) is 4. The van der Waals surface area contributed by atoms with Crippen molar-refractivity contribution in [2.75, 3.05) is 20.2 Å². The third kappa shape index (κ3) is 3.64. The minimum atomic E-state index is -0.192. The Morgan fingerprint density at radius 2 is 2.29 bits per heavy atom. The van der Waals surface area contributed by atoms with Crippen LogP contribution in [0.1, 0.15) is 26.2 Å². The zero-order valence-corrected chi connectivity index (χ0v) is 9.01. The van der Waals surface area contributed by atoms with Gasteiger partial charge in [0.05, 0.1) is 7.11 Å². The molecule has 1 heterocycles. The van der Waals surface area contributed by atoms with Crippen molar-refractivity contribution in [1.82, 2.24) is 10.6 Å². The van der Waals surface area contributed by atoms with Gasteiger partial charge in [-0.25, -0.2) is 0 Å². The van der Waals surface area contributed by atoms with Crippen LogP contribution in [0.4, 0.5) is 0 Å². The Labute approximate surface area is 85.4 Å². The SMILES string of the molecule is COC(=O)C(C)NC1CCCNCC1. The largest absolute Gasteiger partial charge is 0.468 e. The summed E-state index contributed by atoms with van der Waals surface area (Å²) in [5, 5.41) is 6.63. The molecule has 0 saturated carbocycles. The minimum absolute atomic E-state index is 0.179. The zero-order chi connectivity index (χ0) is 10.4. The van der Waals surface area contributed by atoms with Gasteiger partial charge in [0.15, 0.2) is 0 Å². The summed E-state index contributed by atoms with van der Waals surface area (Å²) in [6, 6.07) is 0.252. The highest BCUT2D eigenvalue weighted by molar-refractivity contribution is 5.75. The van der Waals surface area contributed by atoms with Crippen LogP contribution in [-0.4, -0.2) is 38.3 Å². The maximum atomic E-state index is 11.2. The Bertz CT molecular complexity index is 177. The van der Waals surface area contributed by atoms with Crippen LogP contribution in [0.5, 0.6) is 0 Å². The van der Waals surface area contributed by atoms with Gasteiger partial charge < -0.3 is 15.4 Å². The molecular weight excluding hydrogens is 180 g/mol. The number of rotatable bonds is 3. The number of carbonyl (C=O) groups is 1. The Morgan fingerprint density at radius 3 is 3.00 bits per heavy atom. The van der Waals surface area contributed by atoms with Crippen LogP contribution in [-0.2, 0) is 9.53 Å². The number of esters is 1. The van der Waals surface area contributed by atoms with Gasteiger partial charge in [0, 0.05) is 6.04 Å². The Morgan fingerprint density at radius 1 is 1.50 bits per heavy atom. The van der Waals surface area contributed by atoms with E-state index in [0.29, 0.717) is 6.04 Å². The molecule has 4 nitrogen and oxygen atoms in total. The lowest BCUT2D eigenvalue weighted by Gasteiger charge is -2.19. The van der Waals surface area contributed by atoms with E-state index in [1.807, 2.05) is 6.92 Å². The fraction of sp³-hybridized carbons (Fsp3) is 0.900. The maximum Gasteiger partial charge on any atom is 0.322 e. The summed E-state index contributed by atoms with van der Waals surface area (Å²) in [6.45, 7) is 3.97. The topological polar surface area (TPSA) is 50.4 Å². The molecule has 82 valence electrons. The van der Waals surface area contributed by atoms with E-state index in [4.69, 9.17) is 0 Å². The Kier molecular flexibility index (Phi) is 4.90. The molecule has 0 aromatic rings. The second-order valence-electron chi connectivity index (χ2n) is 3.79. The smallest absolute Gasteiger partial charge is 0.322 e. The van der Waals surface area contributed by atoms with Crippen molar-refractivity contribution in [2.45, 2.75) is 38.3 Å². The van der Waals surface area contributed by atoms with Crippen molar-refractivity contribution >= 4 is 5.97 Å². The third-order valence-electron chi connectivity index (χ3n) is 2.62. The summed E-state index contributed by atoms with van der Waals surface area (Å²) < 4.78 is 4.67. The summed E-state index contributed by atoms with van der Waals surface area (Å²) in [5.74, 6) is -0.179. The predicted molar refractivity (Wildman–Crippen MR) is 55.1 cm³/mol. The molecule has 2 N–H and O–H groups in total. The van der Waals surface area contributed by atoms with Crippen LogP contribution in [0, 0.1) is 0 Å². The first-order valence-electron chi connectivity index (χ1n) is 5.28. The second-order valence-corrected chi connectivity index (χ2v) is 3.79. The molecule has 1 rings (SSSR count). The number of ether oxygens (including phenoxy) is 1. The number of nitrogens with one attached hydrogen (secondary N) is 2. The Hall–Kier alpha value is -0.610. The van der Waals surface area contributed by atoms with E-state index in [2.05, 4.69) is 15.4 Å². The van der Waals surface area contributed by atoms with E-state index >= 15 is 0 Å². The summed E-state index contributed by atoms with van der Waals surface area (Å²) >= 11 is 0. The van der Waals surface area contributed by atoms with Crippen molar-refractivity contribution in [3.8, 4) is 0 Å². The molecular formula is C10H20N2O2. The van der Waals surface area contributed by atoms with Gasteiger partial charge in [-0.15, -0.1) is 0 Å². The summed E-state index contributed by atoms with van der Waals surface area (Å²) in [5.41, 5.74) is 0. The van der Waals surface area contributed by atoms with E-state index in [1.165, 1.54) is 13.5 Å². The van der Waals surface area contributed by atoms with Crippen LogP contribution >= 0.6 is 0 Å². The molecule has 0 aromatic heterocycles. The van der Waals surface area contributed by atoms with Gasteiger partial charge in [-0.3, -0.25) is 4.79 Å². The number of carbonyl (C=O) groups excluding carboxylic acids is 1. The minimum Gasteiger partial charge on any atom is -0.468 e. The molecule has 0 spiro atoms. The quantitative estimate of drug-likeness (QED) is 0.642. The third-order valence-corrected chi connectivity index (χ3v) is 2.62. The number of methoxy groups -OCH3 is 1. The van der Waals surface area contributed by atoms with Crippen LogP contribution in [0.2, 0.25) is 0 Å². The van der Waals surface area contributed by atoms with Gasteiger partial charge in [0.1, 0.15) is 6.04 Å². The normalized spacial score (nSPS) is 25.1. The van der Waals surface area contributed by atoms with Crippen LogP contribution in [0.25, 0.3) is 0 Å². The van der Waals surface area contributed by atoms with E-state index in [-0.39, 0.29) is 12.0 Å². The molecule has 0 aromatic carbocycles. The highest BCUT2D eigenvalue weighted by atomic mass is 16.5. The first-order valence-corrected chi connectivity index (χ1v) is 5.28. The second kappa shape index (κ2) is 5.98. The fourth-order valence-corrected chi connectivity index (χ4v) is 1.78. The lowest BCUT2D eigenvalue weighted by atomic mass is 10.1. The molecule has 0 radical (unpaired) electrons. The lowest BCUT2D eigenvalue weighted by Crippen LogP contribution is -2.42. The number of hydrogen-bond donors (Lipinski definition) is 2. The molecule has 1 aliphatic heterocycles. The highest BCUT2D eigenvalue weighted by Gasteiger charge is 2.18. The van der Waals surface area contributed by atoms with E-state index in [9.17, 15) is 4.79 Å². The van der Waals surface area contributed by atoms with Gasteiger partial charge in [0.25, 0.3) is 0 Å². The molecule has 0 bridgehead atoms. The van der Waals surface area contributed by atoms with Gasteiger partial charge in [-0.1, -0.05) is 0 Å². The first kappa shape index (κ1) is 11.5. The van der Waals surface area contributed by atoms with Gasteiger partial charge in [-0.2, -0.15) is 0 Å². The molecule has 2 unspecified atom stereocenters. The van der Waals surface area contributed by atoms with Crippen molar-refractivity contribution in [3.63, 3.8) is 0 Å². The first-order chi connectivity index (χ1) is 6.74. The van der Waals surface area contributed by atoms with Gasteiger partial charge in [-0.05, 0) is 39.3 Å². The molecule has 1 aliphatic rings. The summed E-state index contributed by atoms with van der Waals surface area (Å²) in [4.78, 5) is 11.2. The molecule has 0 aliphatic carbocycles. The summed E-state index contributed by atoms with van der Waals surface area (Å²) in [6.07, 6.45) is 3.39. The van der Waals surface area contributed by atoms with E-state index < -0.39 is 0 Å². The standard InChI is InChI=1S/C10H20N2O2/c1-8(10(13)14-2)12-9-4-3-6-11-7-5-9/h8-9,11-12H,3-7H2,1-2H3. The molecule has 2 atom stereocenters. The predicted octanol–water partition coefficient (Wildman–Crippen LogP) is 0.280. The van der Waals surface area contributed by atoms with Crippen molar-refractivity contribution in [1.29, 1.82) is 0 Å². The average molecular weight is 200 g/mol. The van der Waals surface area contributed by atoms with E-state index in [0.717, 1.165) is 25.9 Å². The average Bonchev–Trinajstić information content (AvgIpc) is 2.45. The maximum absolute atomic E-state index is 11.2. The fourth-order valence-electron chi connectivity index (χ4n) is 1.78.